The number of nitrogens with two attached hydrogens (primary N) is 1. The lowest BCUT2D eigenvalue weighted by Gasteiger charge is -2.34. The predicted octanol–water partition coefficient (Wildman–Crippen LogP) is 0.902. The summed E-state index contributed by atoms with van der Waals surface area (Å²) >= 11 is 5.05. The standard InChI is InChI=1S/C12H20N2O3S/c1-17-9(15)5-8-14-11(16)12(10(13)18)6-3-2-4-7-12/h2-8H2,1H3,(H2,13,18)(H,14,16). The fraction of sp³-hybridized carbons (Fsp3) is 0.750. The normalized spacial score (nSPS) is 17.8. The highest BCUT2D eigenvalue weighted by Crippen LogP contribution is 2.36. The van der Waals surface area contributed by atoms with Crippen molar-refractivity contribution in [1.29, 1.82) is 0 Å². The first kappa shape index (κ1) is 14.9. The van der Waals surface area contributed by atoms with Gasteiger partial charge in [0.15, 0.2) is 0 Å². The van der Waals surface area contributed by atoms with Gasteiger partial charge in [-0.1, -0.05) is 31.5 Å². The molecule has 0 saturated heterocycles. The fourth-order valence-corrected chi connectivity index (χ4v) is 2.59. The van der Waals surface area contributed by atoms with Crippen LogP contribution in [0, 0.1) is 5.41 Å². The number of carbonyl (C=O) groups is 2. The Bertz CT molecular complexity index is 338. The molecule has 6 heteroatoms. The summed E-state index contributed by atoms with van der Waals surface area (Å²) in [5, 5.41) is 2.73. The third-order valence-electron chi connectivity index (χ3n) is 3.46. The summed E-state index contributed by atoms with van der Waals surface area (Å²) in [4.78, 5) is 23.4. The minimum Gasteiger partial charge on any atom is -0.469 e. The summed E-state index contributed by atoms with van der Waals surface area (Å²) < 4.78 is 4.51. The predicted molar refractivity (Wildman–Crippen MR) is 71.9 cm³/mol. The zero-order valence-corrected chi connectivity index (χ0v) is 11.5. The number of hydrogen-bond acceptors (Lipinski definition) is 4. The zero-order valence-electron chi connectivity index (χ0n) is 10.7. The highest BCUT2D eigenvalue weighted by atomic mass is 32.1. The van der Waals surface area contributed by atoms with Gasteiger partial charge in [-0.3, -0.25) is 9.59 Å². The SMILES string of the molecule is COC(=O)CCNC(=O)C1(C(N)=S)CCCCC1. The summed E-state index contributed by atoms with van der Waals surface area (Å²) in [5.74, 6) is -0.498. The van der Waals surface area contributed by atoms with Gasteiger partial charge in [-0.2, -0.15) is 0 Å². The van der Waals surface area contributed by atoms with Crippen LogP contribution in [-0.2, 0) is 14.3 Å². The molecule has 0 aliphatic heterocycles. The maximum absolute atomic E-state index is 12.2. The van der Waals surface area contributed by atoms with Crippen LogP contribution in [-0.4, -0.2) is 30.5 Å². The number of ether oxygens (including phenoxy) is 1. The lowest BCUT2D eigenvalue weighted by Crippen LogP contribution is -2.50. The first-order valence-corrected chi connectivity index (χ1v) is 6.59. The van der Waals surface area contributed by atoms with Crippen molar-refractivity contribution in [1.82, 2.24) is 5.32 Å². The quantitative estimate of drug-likeness (QED) is 0.574. The van der Waals surface area contributed by atoms with Crippen molar-refractivity contribution in [2.75, 3.05) is 13.7 Å². The molecular weight excluding hydrogens is 252 g/mol. The van der Waals surface area contributed by atoms with E-state index in [0.717, 1.165) is 19.3 Å². The van der Waals surface area contributed by atoms with Gasteiger partial charge >= 0.3 is 5.97 Å². The minimum absolute atomic E-state index is 0.154. The number of hydrogen-bond donors (Lipinski definition) is 2. The first-order chi connectivity index (χ1) is 8.53. The van der Waals surface area contributed by atoms with E-state index in [1.807, 2.05) is 0 Å². The third-order valence-corrected chi connectivity index (χ3v) is 3.85. The Hall–Kier alpha value is -1.17. The maximum atomic E-state index is 12.2. The smallest absolute Gasteiger partial charge is 0.307 e. The molecule has 102 valence electrons. The molecule has 0 heterocycles. The van der Waals surface area contributed by atoms with E-state index in [0.29, 0.717) is 12.8 Å². The number of methoxy groups -OCH3 is 1. The Morgan fingerprint density at radius 1 is 1.33 bits per heavy atom. The molecular formula is C12H20N2O3S. The Kier molecular flexibility index (Phi) is 5.53. The van der Waals surface area contributed by atoms with E-state index < -0.39 is 5.41 Å². The first-order valence-electron chi connectivity index (χ1n) is 6.18. The van der Waals surface area contributed by atoms with Crippen molar-refractivity contribution >= 4 is 29.1 Å². The zero-order chi connectivity index (χ0) is 13.6. The van der Waals surface area contributed by atoms with Crippen LogP contribution < -0.4 is 11.1 Å². The van der Waals surface area contributed by atoms with Crippen LogP contribution in [0.15, 0.2) is 0 Å². The molecule has 0 aromatic heterocycles. The van der Waals surface area contributed by atoms with E-state index >= 15 is 0 Å². The van der Waals surface area contributed by atoms with Gasteiger partial charge in [-0.05, 0) is 12.8 Å². The second-order valence-electron chi connectivity index (χ2n) is 4.59. The molecule has 0 spiro atoms. The van der Waals surface area contributed by atoms with E-state index in [2.05, 4.69) is 10.1 Å². The highest BCUT2D eigenvalue weighted by Gasteiger charge is 2.42. The molecule has 1 rings (SSSR count). The van der Waals surface area contributed by atoms with Crippen LogP contribution in [0.5, 0.6) is 0 Å². The number of esters is 1. The number of rotatable bonds is 5. The average Bonchev–Trinajstić information content (AvgIpc) is 2.38. The summed E-state index contributed by atoms with van der Waals surface area (Å²) in [6.07, 6.45) is 4.60. The molecule has 1 amide bonds. The van der Waals surface area contributed by atoms with Crippen molar-refractivity contribution in [2.45, 2.75) is 38.5 Å². The van der Waals surface area contributed by atoms with E-state index in [1.165, 1.54) is 7.11 Å². The van der Waals surface area contributed by atoms with Gasteiger partial charge in [0.05, 0.1) is 23.9 Å². The van der Waals surface area contributed by atoms with E-state index in [4.69, 9.17) is 18.0 Å². The Morgan fingerprint density at radius 2 is 1.94 bits per heavy atom. The minimum atomic E-state index is -0.719. The molecule has 1 fully saturated rings. The van der Waals surface area contributed by atoms with Crippen LogP contribution in [0.2, 0.25) is 0 Å². The van der Waals surface area contributed by atoms with Crippen LogP contribution >= 0.6 is 12.2 Å². The average molecular weight is 272 g/mol. The van der Waals surface area contributed by atoms with Crippen molar-refractivity contribution in [3.05, 3.63) is 0 Å². The van der Waals surface area contributed by atoms with Crippen molar-refractivity contribution < 1.29 is 14.3 Å². The highest BCUT2D eigenvalue weighted by molar-refractivity contribution is 7.80. The lowest BCUT2D eigenvalue weighted by atomic mass is 9.73. The van der Waals surface area contributed by atoms with Crippen molar-refractivity contribution in [3.63, 3.8) is 0 Å². The second kappa shape index (κ2) is 6.68. The van der Waals surface area contributed by atoms with Crippen molar-refractivity contribution in [2.24, 2.45) is 11.1 Å². The van der Waals surface area contributed by atoms with Gasteiger partial charge in [0.2, 0.25) is 5.91 Å². The molecule has 0 unspecified atom stereocenters. The van der Waals surface area contributed by atoms with Gasteiger partial charge in [0, 0.05) is 6.54 Å². The van der Waals surface area contributed by atoms with Gasteiger partial charge in [-0.25, -0.2) is 0 Å². The summed E-state index contributed by atoms with van der Waals surface area (Å²) in [7, 11) is 1.32. The molecule has 1 aliphatic rings. The number of carbonyl (C=O) groups excluding carboxylic acids is 2. The molecule has 18 heavy (non-hydrogen) atoms. The number of nitrogens with one attached hydrogen (secondary N) is 1. The maximum Gasteiger partial charge on any atom is 0.307 e. The lowest BCUT2D eigenvalue weighted by molar-refractivity contribution is -0.140. The summed E-state index contributed by atoms with van der Waals surface area (Å²) in [5.41, 5.74) is 5.02. The molecule has 1 aliphatic carbocycles. The molecule has 0 radical (unpaired) electrons. The third kappa shape index (κ3) is 3.41. The van der Waals surface area contributed by atoms with Crippen LogP contribution in [0.25, 0.3) is 0 Å². The van der Waals surface area contributed by atoms with Crippen LogP contribution in [0.4, 0.5) is 0 Å². The van der Waals surface area contributed by atoms with E-state index in [9.17, 15) is 9.59 Å². The molecule has 0 bridgehead atoms. The molecule has 5 nitrogen and oxygen atoms in total. The Labute approximate surface area is 112 Å². The molecule has 0 atom stereocenters. The van der Waals surface area contributed by atoms with Gasteiger partial charge < -0.3 is 15.8 Å². The van der Waals surface area contributed by atoms with Crippen LogP contribution in [0.3, 0.4) is 0 Å². The van der Waals surface area contributed by atoms with Gasteiger partial charge in [0.25, 0.3) is 0 Å². The Balaban J connectivity index is 2.55. The van der Waals surface area contributed by atoms with Gasteiger partial charge in [0.1, 0.15) is 0 Å². The number of amides is 1. The summed E-state index contributed by atoms with van der Waals surface area (Å²) in [6.45, 7) is 0.260. The molecule has 1 saturated carbocycles. The largest absolute Gasteiger partial charge is 0.469 e. The van der Waals surface area contributed by atoms with E-state index in [1.54, 1.807) is 0 Å². The fourth-order valence-electron chi connectivity index (χ4n) is 2.29. The van der Waals surface area contributed by atoms with Crippen molar-refractivity contribution in [3.8, 4) is 0 Å². The van der Waals surface area contributed by atoms with Crippen LogP contribution in [0.1, 0.15) is 38.5 Å². The van der Waals surface area contributed by atoms with Gasteiger partial charge in [-0.15, -0.1) is 0 Å². The second-order valence-corrected chi connectivity index (χ2v) is 5.03. The number of thiocarbonyl (C=S) groups is 1. The van der Waals surface area contributed by atoms with E-state index in [-0.39, 0.29) is 29.8 Å². The summed E-state index contributed by atoms with van der Waals surface area (Å²) in [6, 6.07) is 0. The monoisotopic (exact) mass is 272 g/mol. The molecule has 0 aromatic rings. The molecule has 3 N–H and O–H groups in total. The Morgan fingerprint density at radius 3 is 2.44 bits per heavy atom. The topological polar surface area (TPSA) is 81.4 Å². The molecule has 0 aromatic carbocycles.